The van der Waals surface area contributed by atoms with Gasteiger partial charge in [-0.15, -0.1) is 12.1 Å². The van der Waals surface area contributed by atoms with Crippen LogP contribution in [0.4, 0.5) is 5.69 Å². The molecule has 0 heterocycles. The molecule has 0 bridgehead atoms. The van der Waals surface area contributed by atoms with Crippen LogP contribution in [0.2, 0.25) is 0 Å². The molecule has 2 heteroatoms. The molecule has 0 saturated heterocycles. The van der Waals surface area contributed by atoms with Crippen LogP contribution >= 0.6 is 0 Å². The van der Waals surface area contributed by atoms with Gasteiger partial charge < -0.3 is 5.73 Å². The van der Waals surface area contributed by atoms with Crippen LogP contribution in [-0.4, -0.2) is 0 Å². The van der Waals surface area contributed by atoms with E-state index in [0.29, 0.717) is 0 Å². The molecule has 0 saturated carbocycles. The van der Waals surface area contributed by atoms with Crippen LogP contribution in [0.1, 0.15) is 0 Å². The van der Waals surface area contributed by atoms with Crippen molar-refractivity contribution in [3.8, 4) is 0 Å². The van der Waals surface area contributed by atoms with E-state index >= 15 is 0 Å². The smallest absolute Gasteiger partial charge is 0.419 e. The summed E-state index contributed by atoms with van der Waals surface area (Å²) in [5, 5.41) is 0. The maximum absolute atomic E-state index is 5.34. The standard InChI is InChI=1S/C6H6N.Os/c7-6-4-2-1-3-5-6;/h2-5H,7H2;/q-1;+2. The van der Waals surface area contributed by atoms with Crippen LogP contribution < -0.4 is 5.73 Å². The van der Waals surface area contributed by atoms with Gasteiger partial charge in [-0.05, 0) is 0 Å². The zero-order valence-electron chi connectivity index (χ0n) is 4.24. The number of hydrogen-bond donors (Lipinski definition) is 1. The van der Waals surface area contributed by atoms with Crippen molar-refractivity contribution >= 4 is 5.69 Å². The molecule has 42 valence electrons. The van der Waals surface area contributed by atoms with Crippen molar-refractivity contribution in [1.29, 1.82) is 0 Å². The Bertz CT molecular complexity index is 138. The maximum atomic E-state index is 5.34. The number of benzene rings is 1. The van der Waals surface area contributed by atoms with Crippen LogP contribution in [0.3, 0.4) is 0 Å². The first-order chi connectivity index (χ1) is 3.39. The van der Waals surface area contributed by atoms with Crippen LogP contribution in [0.15, 0.2) is 24.3 Å². The molecular weight excluding hydrogens is 276 g/mol. The summed E-state index contributed by atoms with van der Waals surface area (Å²) >= 11 is 0. The summed E-state index contributed by atoms with van der Waals surface area (Å²) in [5.41, 5.74) is 6.13. The molecule has 0 unspecified atom stereocenters. The van der Waals surface area contributed by atoms with E-state index in [2.05, 4.69) is 6.07 Å². The van der Waals surface area contributed by atoms with Gasteiger partial charge >= 0.3 is 19.8 Å². The molecule has 0 amide bonds. The molecule has 0 spiro atoms. The minimum absolute atomic E-state index is 0. The summed E-state index contributed by atoms with van der Waals surface area (Å²) < 4.78 is 0. The van der Waals surface area contributed by atoms with Crippen molar-refractivity contribution in [3.05, 3.63) is 30.3 Å². The average Bonchev–Trinajstić information content (AvgIpc) is 1.69. The predicted molar refractivity (Wildman–Crippen MR) is 29.7 cm³/mol. The fourth-order valence-corrected chi connectivity index (χ4v) is 0.400. The summed E-state index contributed by atoms with van der Waals surface area (Å²) in [4.78, 5) is 0. The average molecular weight is 282 g/mol. The molecule has 1 aromatic rings. The molecular formula is C6H6NOs+. The van der Waals surface area contributed by atoms with Gasteiger partial charge in [0.05, 0.1) is 0 Å². The van der Waals surface area contributed by atoms with Crippen LogP contribution in [0, 0.1) is 6.07 Å². The zero-order chi connectivity index (χ0) is 5.11. The molecule has 0 aliphatic carbocycles. The van der Waals surface area contributed by atoms with Gasteiger partial charge in [0.1, 0.15) is 0 Å². The van der Waals surface area contributed by atoms with Gasteiger partial charge in [0.15, 0.2) is 0 Å². The Hall–Kier alpha value is -0.344. The molecule has 8 heavy (non-hydrogen) atoms. The normalized spacial score (nSPS) is 7.50. The summed E-state index contributed by atoms with van der Waals surface area (Å²) in [7, 11) is 0. The van der Waals surface area contributed by atoms with Crippen molar-refractivity contribution in [2.45, 2.75) is 0 Å². The predicted octanol–water partition coefficient (Wildman–Crippen LogP) is 1.07. The third-order valence-electron chi connectivity index (χ3n) is 0.744. The molecule has 0 atom stereocenters. The molecule has 0 aliphatic rings. The minimum Gasteiger partial charge on any atom is -0.419 e. The molecule has 0 fully saturated rings. The van der Waals surface area contributed by atoms with Gasteiger partial charge in [-0.3, -0.25) is 0 Å². The van der Waals surface area contributed by atoms with Crippen molar-refractivity contribution in [2.24, 2.45) is 0 Å². The number of nitrogen functional groups attached to an aromatic ring is 1. The second-order valence-electron chi connectivity index (χ2n) is 1.33. The number of rotatable bonds is 0. The van der Waals surface area contributed by atoms with E-state index in [-0.39, 0.29) is 19.8 Å². The number of nitrogens with two attached hydrogens (primary N) is 1. The SMILES string of the molecule is Nc1cc[c-]cc1.[Os+2]. The van der Waals surface area contributed by atoms with Crippen LogP contribution in [0.25, 0.3) is 0 Å². The Kier molecular flexibility index (Phi) is 3.48. The number of anilines is 1. The molecule has 1 aromatic carbocycles. The first kappa shape index (κ1) is 7.66. The van der Waals surface area contributed by atoms with Crippen molar-refractivity contribution in [2.75, 3.05) is 5.73 Å². The van der Waals surface area contributed by atoms with Crippen molar-refractivity contribution in [1.82, 2.24) is 0 Å². The minimum atomic E-state index is 0. The summed E-state index contributed by atoms with van der Waals surface area (Å²) in [5.74, 6) is 0. The molecule has 0 aliphatic heterocycles. The summed E-state index contributed by atoms with van der Waals surface area (Å²) in [6.07, 6.45) is 0. The van der Waals surface area contributed by atoms with E-state index in [1.165, 1.54) is 0 Å². The van der Waals surface area contributed by atoms with Gasteiger partial charge in [0, 0.05) is 0 Å². The summed E-state index contributed by atoms with van der Waals surface area (Å²) in [6.45, 7) is 0. The molecule has 1 rings (SSSR count). The van der Waals surface area contributed by atoms with E-state index < -0.39 is 0 Å². The molecule has 1 nitrogen and oxygen atoms in total. The van der Waals surface area contributed by atoms with Crippen molar-refractivity contribution < 1.29 is 19.8 Å². The Morgan fingerprint density at radius 2 is 1.75 bits per heavy atom. The van der Waals surface area contributed by atoms with Crippen molar-refractivity contribution in [3.63, 3.8) is 0 Å². The second kappa shape index (κ2) is 3.63. The molecule has 2 N–H and O–H groups in total. The van der Waals surface area contributed by atoms with Gasteiger partial charge in [-0.25, -0.2) is 0 Å². The third-order valence-corrected chi connectivity index (χ3v) is 0.744. The van der Waals surface area contributed by atoms with Crippen LogP contribution in [-0.2, 0) is 19.8 Å². The van der Waals surface area contributed by atoms with Crippen LogP contribution in [0.5, 0.6) is 0 Å². The fraction of sp³-hybridized carbons (Fsp3) is 0. The maximum Gasteiger partial charge on any atom is 2.00 e. The van der Waals surface area contributed by atoms with Gasteiger partial charge in [-0.2, -0.15) is 18.2 Å². The first-order valence-electron chi connectivity index (χ1n) is 2.11. The monoisotopic (exact) mass is 284 g/mol. The Balaban J connectivity index is 0.000000490. The van der Waals surface area contributed by atoms with E-state index in [4.69, 9.17) is 5.73 Å². The van der Waals surface area contributed by atoms with E-state index in [9.17, 15) is 0 Å². The Morgan fingerprint density at radius 1 is 1.25 bits per heavy atom. The van der Waals surface area contributed by atoms with E-state index in [1.54, 1.807) is 24.3 Å². The Morgan fingerprint density at radius 3 is 2.00 bits per heavy atom. The second-order valence-corrected chi connectivity index (χ2v) is 1.33. The zero-order valence-corrected chi connectivity index (χ0v) is 6.78. The Labute approximate surface area is 62.0 Å². The quantitative estimate of drug-likeness (QED) is 0.559. The number of hydrogen-bond acceptors (Lipinski definition) is 1. The third kappa shape index (κ3) is 2.09. The fourth-order valence-electron chi connectivity index (χ4n) is 0.400. The van der Waals surface area contributed by atoms with Gasteiger partial charge in [0.25, 0.3) is 0 Å². The van der Waals surface area contributed by atoms with E-state index in [0.717, 1.165) is 5.69 Å². The topological polar surface area (TPSA) is 26.0 Å². The molecule has 0 aromatic heterocycles. The van der Waals surface area contributed by atoms with Gasteiger partial charge in [0.2, 0.25) is 0 Å². The largest absolute Gasteiger partial charge is 2.00 e. The first-order valence-corrected chi connectivity index (χ1v) is 2.11. The molecule has 0 radical (unpaired) electrons. The summed E-state index contributed by atoms with van der Waals surface area (Å²) in [6, 6.07) is 10.0. The van der Waals surface area contributed by atoms with Gasteiger partial charge in [-0.1, -0.05) is 5.69 Å². The van der Waals surface area contributed by atoms with E-state index in [1.807, 2.05) is 0 Å².